The number of rotatable bonds is 5. The summed E-state index contributed by atoms with van der Waals surface area (Å²) in [5.41, 5.74) is 0.640. The second-order valence-electron chi connectivity index (χ2n) is 7.25. The Bertz CT molecular complexity index is 853. The van der Waals surface area contributed by atoms with Crippen LogP contribution in [0.4, 0.5) is 0 Å². The summed E-state index contributed by atoms with van der Waals surface area (Å²) in [6.45, 7) is 0.0913. The molecule has 0 unspecified atom stereocenters. The second-order valence-corrected chi connectivity index (χ2v) is 7.25. The lowest BCUT2D eigenvalue weighted by molar-refractivity contribution is -0.146. The maximum absolute atomic E-state index is 12.2. The van der Waals surface area contributed by atoms with Crippen molar-refractivity contribution in [3.8, 4) is 5.75 Å². The molecule has 4 rings (SSSR count). The monoisotopic (exact) mass is 342 g/mol. The van der Waals surface area contributed by atoms with Gasteiger partial charge in [-0.25, -0.2) is 4.79 Å². The van der Waals surface area contributed by atoms with Gasteiger partial charge in [0.15, 0.2) is 0 Å². The van der Waals surface area contributed by atoms with Gasteiger partial charge >= 0.3 is 11.6 Å². The number of methoxy groups -OCH3 is 1. The van der Waals surface area contributed by atoms with Gasteiger partial charge in [-0.05, 0) is 49.1 Å². The number of carbonyl (C=O) groups excluding carboxylic acids is 1. The standard InChI is InChI=1S/C20H22O5/c1-23-16-4-5-17-15(9-20(22)25-18(17)10-16)11-24-19(21)8-14-7-12-2-3-13(14)6-12/h4-5,9-10,12-14H,2-3,6-8,11H2,1H3/t12-,13-,14-/m1/s1. The van der Waals surface area contributed by atoms with E-state index >= 15 is 0 Å². The van der Waals surface area contributed by atoms with Crippen molar-refractivity contribution in [2.24, 2.45) is 17.8 Å². The average molecular weight is 342 g/mol. The Labute approximate surface area is 145 Å². The van der Waals surface area contributed by atoms with Gasteiger partial charge in [-0.2, -0.15) is 0 Å². The van der Waals surface area contributed by atoms with Gasteiger partial charge < -0.3 is 13.9 Å². The zero-order valence-corrected chi connectivity index (χ0v) is 14.3. The highest BCUT2D eigenvalue weighted by atomic mass is 16.5. The Morgan fingerprint density at radius 3 is 2.84 bits per heavy atom. The van der Waals surface area contributed by atoms with Crippen LogP contribution in [0.3, 0.4) is 0 Å². The van der Waals surface area contributed by atoms with E-state index in [9.17, 15) is 9.59 Å². The van der Waals surface area contributed by atoms with Gasteiger partial charge in [-0.1, -0.05) is 6.42 Å². The number of benzene rings is 1. The molecule has 1 heterocycles. The van der Waals surface area contributed by atoms with Crippen molar-refractivity contribution in [3.63, 3.8) is 0 Å². The van der Waals surface area contributed by atoms with Crippen molar-refractivity contribution >= 4 is 16.9 Å². The van der Waals surface area contributed by atoms with E-state index in [2.05, 4.69) is 0 Å². The Morgan fingerprint density at radius 2 is 2.12 bits per heavy atom. The average Bonchev–Trinajstić information content (AvgIpc) is 3.21. The Morgan fingerprint density at radius 1 is 1.24 bits per heavy atom. The van der Waals surface area contributed by atoms with Gasteiger partial charge in [-0.3, -0.25) is 4.79 Å². The maximum Gasteiger partial charge on any atom is 0.336 e. The molecule has 132 valence electrons. The summed E-state index contributed by atoms with van der Waals surface area (Å²) in [6, 6.07) is 6.66. The molecule has 2 aromatic rings. The van der Waals surface area contributed by atoms with Gasteiger partial charge in [-0.15, -0.1) is 0 Å². The first-order valence-corrected chi connectivity index (χ1v) is 8.89. The third kappa shape index (κ3) is 3.28. The van der Waals surface area contributed by atoms with Crippen LogP contribution in [-0.4, -0.2) is 13.1 Å². The summed E-state index contributed by atoms with van der Waals surface area (Å²) in [4.78, 5) is 24.0. The quantitative estimate of drug-likeness (QED) is 0.613. The summed E-state index contributed by atoms with van der Waals surface area (Å²) in [6.07, 6.45) is 5.52. The molecule has 2 saturated carbocycles. The highest BCUT2D eigenvalue weighted by Gasteiger charge is 2.40. The number of ether oxygens (including phenoxy) is 2. The highest BCUT2D eigenvalue weighted by Crippen LogP contribution is 2.49. The molecule has 1 aromatic heterocycles. The minimum atomic E-state index is -0.458. The molecule has 0 N–H and O–H groups in total. The maximum atomic E-state index is 12.2. The van der Waals surface area contributed by atoms with Gasteiger partial charge in [0, 0.05) is 29.5 Å². The fraction of sp³-hybridized carbons (Fsp3) is 0.500. The molecule has 0 aliphatic heterocycles. The molecule has 25 heavy (non-hydrogen) atoms. The number of hydrogen-bond acceptors (Lipinski definition) is 5. The van der Waals surface area contributed by atoms with Crippen molar-refractivity contribution in [1.29, 1.82) is 0 Å². The molecule has 2 fully saturated rings. The van der Waals surface area contributed by atoms with Crippen LogP contribution in [0.25, 0.3) is 11.0 Å². The Balaban J connectivity index is 1.45. The van der Waals surface area contributed by atoms with Crippen molar-refractivity contribution in [3.05, 3.63) is 40.2 Å². The van der Waals surface area contributed by atoms with E-state index in [1.807, 2.05) is 6.07 Å². The molecule has 2 bridgehead atoms. The van der Waals surface area contributed by atoms with Gasteiger partial charge in [0.05, 0.1) is 7.11 Å². The minimum Gasteiger partial charge on any atom is -0.497 e. The number of fused-ring (bicyclic) bond motifs is 3. The van der Waals surface area contributed by atoms with Crippen molar-refractivity contribution in [2.75, 3.05) is 7.11 Å². The van der Waals surface area contributed by atoms with E-state index in [-0.39, 0.29) is 12.6 Å². The van der Waals surface area contributed by atoms with Crippen molar-refractivity contribution in [2.45, 2.75) is 38.7 Å². The first-order valence-electron chi connectivity index (χ1n) is 8.89. The molecule has 5 heteroatoms. The predicted octanol–water partition coefficient (Wildman–Crippen LogP) is 3.67. The molecule has 0 radical (unpaired) electrons. The predicted molar refractivity (Wildman–Crippen MR) is 92.4 cm³/mol. The molecule has 1 aromatic carbocycles. The minimum absolute atomic E-state index is 0.0913. The summed E-state index contributed by atoms with van der Waals surface area (Å²) in [5, 5.41) is 0.758. The third-order valence-electron chi connectivity index (χ3n) is 5.74. The molecular weight excluding hydrogens is 320 g/mol. The van der Waals surface area contributed by atoms with E-state index in [1.54, 1.807) is 19.2 Å². The molecule has 5 nitrogen and oxygen atoms in total. The van der Waals surface area contributed by atoms with Crippen LogP contribution < -0.4 is 10.4 Å². The molecule has 2 aliphatic carbocycles. The first-order chi connectivity index (χ1) is 12.1. The van der Waals surface area contributed by atoms with Crippen molar-refractivity contribution < 1.29 is 18.7 Å². The summed E-state index contributed by atoms with van der Waals surface area (Å²) in [5.74, 6) is 2.44. The van der Waals surface area contributed by atoms with Crippen LogP contribution in [0.1, 0.15) is 37.7 Å². The topological polar surface area (TPSA) is 65.7 Å². The number of hydrogen-bond donors (Lipinski definition) is 0. The lowest BCUT2D eigenvalue weighted by atomic mass is 9.86. The molecule has 0 spiro atoms. The van der Waals surface area contributed by atoms with Gasteiger partial charge in [0.1, 0.15) is 17.9 Å². The van der Waals surface area contributed by atoms with Crippen LogP contribution in [0.2, 0.25) is 0 Å². The van der Waals surface area contributed by atoms with Crippen LogP contribution in [0, 0.1) is 17.8 Å². The SMILES string of the molecule is COc1ccc2c(COC(=O)C[C@H]3C[C@@H]4CC[C@@H]3C4)cc(=O)oc2c1. The van der Waals surface area contributed by atoms with Crippen LogP contribution >= 0.6 is 0 Å². The summed E-state index contributed by atoms with van der Waals surface area (Å²) >= 11 is 0. The van der Waals surface area contributed by atoms with Crippen LogP contribution in [-0.2, 0) is 16.1 Å². The first kappa shape index (κ1) is 16.2. The molecule has 0 saturated heterocycles. The number of esters is 1. The normalized spacial score (nSPS) is 24.6. The lowest BCUT2D eigenvalue weighted by Gasteiger charge is -2.20. The fourth-order valence-corrected chi connectivity index (χ4v) is 4.51. The van der Waals surface area contributed by atoms with E-state index in [0.717, 1.165) is 17.7 Å². The van der Waals surface area contributed by atoms with E-state index in [4.69, 9.17) is 13.9 Å². The largest absolute Gasteiger partial charge is 0.497 e. The van der Waals surface area contributed by atoms with Crippen molar-refractivity contribution in [1.82, 2.24) is 0 Å². The van der Waals surface area contributed by atoms with E-state index in [1.165, 1.54) is 25.3 Å². The van der Waals surface area contributed by atoms with Gasteiger partial charge in [0.25, 0.3) is 0 Å². The summed E-state index contributed by atoms with van der Waals surface area (Å²) in [7, 11) is 1.56. The van der Waals surface area contributed by atoms with Crippen LogP contribution in [0.5, 0.6) is 5.75 Å². The second kappa shape index (κ2) is 6.54. The lowest BCUT2D eigenvalue weighted by Crippen LogP contribution is -2.17. The zero-order chi connectivity index (χ0) is 17.4. The molecule has 3 atom stereocenters. The van der Waals surface area contributed by atoms with E-state index in [0.29, 0.717) is 35.2 Å². The Kier molecular flexibility index (Phi) is 4.24. The number of carbonyl (C=O) groups is 1. The fourth-order valence-electron chi connectivity index (χ4n) is 4.51. The Hall–Kier alpha value is -2.30. The van der Waals surface area contributed by atoms with Crippen LogP contribution in [0.15, 0.2) is 33.5 Å². The zero-order valence-electron chi connectivity index (χ0n) is 14.3. The third-order valence-corrected chi connectivity index (χ3v) is 5.74. The molecule has 0 amide bonds. The smallest absolute Gasteiger partial charge is 0.336 e. The van der Waals surface area contributed by atoms with E-state index < -0.39 is 5.63 Å². The molecular formula is C20H22O5. The molecule has 2 aliphatic rings. The highest BCUT2D eigenvalue weighted by molar-refractivity contribution is 5.81. The summed E-state index contributed by atoms with van der Waals surface area (Å²) < 4.78 is 15.8. The van der Waals surface area contributed by atoms with Gasteiger partial charge in [0.2, 0.25) is 0 Å².